The summed E-state index contributed by atoms with van der Waals surface area (Å²) in [5.41, 5.74) is 4.53. The van der Waals surface area contributed by atoms with Gasteiger partial charge in [0.1, 0.15) is 10.6 Å². The number of nitrogens with one attached hydrogen (secondary N) is 2. The molecule has 0 unspecified atom stereocenters. The number of benzene rings is 3. The molecule has 0 spiro atoms. The topological polar surface area (TPSA) is 84.5 Å². The molecule has 1 amide bonds. The lowest BCUT2D eigenvalue weighted by atomic mass is 9.93. The van der Waals surface area contributed by atoms with Crippen molar-refractivity contribution in [1.29, 1.82) is 0 Å². The van der Waals surface area contributed by atoms with Gasteiger partial charge >= 0.3 is 0 Å². The number of amides is 1. The van der Waals surface area contributed by atoms with Gasteiger partial charge in [0.2, 0.25) is 0 Å². The molecule has 0 saturated carbocycles. The second kappa shape index (κ2) is 10.7. The van der Waals surface area contributed by atoms with E-state index in [4.69, 9.17) is 16.3 Å². The number of hydrogen-bond donors (Lipinski definition) is 2. The zero-order valence-corrected chi connectivity index (χ0v) is 22.3. The van der Waals surface area contributed by atoms with Gasteiger partial charge in [-0.2, -0.15) is 0 Å². The standard InChI is InChI=1S/C27H31ClN2O4S/c1-16(2)22-15-23(18(4)13-25(22)34-6)19(5)29-27(31)20-10-11-24(28)26(14-20)35(32,33)30-21-9-7-8-17(3)12-21/h7-16,19,30H,1-6H3,(H,29,31)/t19-/m1/s1. The minimum absolute atomic E-state index is 0.0299. The number of hydrogen-bond acceptors (Lipinski definition) is 4. The van der Waals surface area contributed by atoms with Gasteiger partial charge < -0.3 is 10.1 Å². The van der Waals surface area contributed by atoms with Gasteiger partial charge in [-0.25, -0.2) is 8.42 Å². The van der Waals surface area contributed by atoms with Crippen LogP contribution < -0.4 is 14.8 Å². The van der Waals surface area contributed by atoms with Gasteiger partial charge in [0.05, 0.1) is 18.2 Å². The van der Waals surface area contributed by atoms with Gasteiger partial charge in [0.15, 0.2) is 0 Å². The number of halogens is 1. The Hall–Kier alpha value is -3.03. The monoisotopic (exact) mass is 514 g/mol. The first-order chi connectivity index (χ1) is 16.4. The van der Waals surface area contributed by atoms with Crippen LogP contribution in [0.4, 0.5) is 5.69 Å². The molecule has 0 fully saturated rings. The maximum absolute atomic E-state index is 13.1. The van der Waals surface area contributed by atoms with Gasteiger partial charge in [-0.05, 0) is 91.4 Å². The van der Waals surface area contributed by atoms with Crippen molar-refractivity contribution >= 4 is 33.2 Å². The van der Waals surface area contributed by atoms with Crippen LogP contribution >= 0.6 is 11.6 Å². The number of rotatable bonds is 8. The highest BCUT2D eigenvalue weighted by Gasteiger charge is 2.22. The quantitative estimate of drug-likeness (QED) is 0.365. The van der Waals surface area contributed by atoms with Gasteiger partial charge in [-0.3, -0.25) is 9.52 Å². The van der Waals surface area contributed by atoms with Crippen LogP contribution in [0.15, 0.2) is 59.5 Å². The van der Waals surface area contributed by atoms with Gasteiger partial charge in [0.25, 0.3) is 15.9 Å². The van der Waals surface area contributed by atoms with Crippen LogP contribution in [-0.2, 0) is 10.0 Å². The molecule has 0 bridgehead atoms. The minimum atomic E-state index is -4.00. The van der Waals surface area contributed by atoms with E-state index in [2.05, 4.69) is 23.9 Å². The lowest BCUT2D eigenvalue weighted by Crippen LogP contribution is -2.27. The largest absolute Gasteiger partial charge is 0.496 e. The summed E-state index contributed by atoms with van der Waals surface area (Å²) < 4.78 is 34.1. The smallest absolute Gasteiger partial charge is 0.263 e. The maximum Gasteiger partial charge on any atom is 0.263 e. The van der Waals surface area contributed by atoms with E-state index in [1.807, 2.05) is 39.0 Å². The third kappa shape index (κ3) is 6.16. The van der Waals surface area contributed by atoms with E-state index in [0.717, 1.165) is 28.0 Å². The summed E-state index contributed by atoms with van der Waals surface area (Å²) in [4.78, 5) is 12.9. The van der Waals surface area contributed by atoms with Crippen LogP contribution in [0.5, 0.6) is 5.75 Å². The summed E-state index contributed by atoms with van der Waals surface area (Å²) in [6.45, 7) is 9.89. The van der Waals surface area contributed by atoms with Crippen LogP contribution in [0.2, 0.25) is 5.02 Å². The SMILES string of the molecule is COc1cc(C)c([C@@H](C)NC(=O)c2ccc(Cl)c(S(=O)(=O)Nc3cccc(C)c3)c2)cc1C(C)C. The second-order valence-corrected chi connectivity index (χ2v) is 11.0. The van der Waals surface area contributed by atoms with Crippen LogP contribution in [-0.4, -0.2) is 21.4 Å². The minimum Gasteiger partial charge on any atom is -0.496 e. The fraction of sp³-hybridized carbons (Fsp3) is 0.296. The number of aryl methyl sites for hydroxylation is 2. The number of anilines is 1. The fourth-order valence-electron chi connectivity index (χ4n) is 3.94. The third-order valence-corrected chi connectivity index (χ3v) is 7.67. The summed E-state index contributed by atoms with van der Waals surface area (Å²) in [7, 11) is -2.36. The summed E-state index contributed by atoms with van der Waals surface area (Å²) in [5, 5.41) is 3.00. The lowest BCUT2D eigenvalue weighted by molar-refractivity contribution is 0.0939. The van der Waals surface area contributed by atoms with E-state index in [0.29, 0.717) is 5.69 Å². The highest BCUT2D eigenvalue weighted by Crippen LogP contribution is 2.32. The molecule has 6 nitrogen and oxygen atoms in total. The Morgan fingerprint density at radius 1 is 0.971 bits per heavy atom. The third-order valence-electron chi connectivity index (χ3n) is 5.81. The molecular weight excluding hydrogens is 484 g/mol. The Morgan fingerprint density at radius 3 is 2.31 bits per heavy atom. The molecule has 0 aromatic heterocycles. The van der Waals surface area contributed by atoms with E-state index in [1.54, 1.807) is 25.3 Å². The van der Waals surface area contributed by atoms with Crippen molar-refractivity contribution in [2.75, 3.05) is 11.8 Å². The molecule has 186 valence electrons. The maximum atomic E-state index is 13.1. The summed E-state index contributed by atoms with van der Waals surface area (Å²) >= 11 is 6.22. The highest BCUT2D eigenvalue weighted by atomic mass is 35.5. The van der Waals surface area contributed by atoms with Gasteiger partial charge in [0, 0.05) is 11.3 Å². The first kappa shape index (κ1) is 26.6. The van der Waals surface area contributed by atoms with Crippen molar-refractivity contribution in [2.45, 2.75) is 51.5 Å². The molecule has 0 aliphatic heterocycles. The zero-order valence-electron chi connectivity index (χ0n) is 20.8. The summed E-state index contributed by atoms with van der Waals surface area (Å²) in [5.74, 6) is 0.660. The van der Waals surface area contributed by atoms with E-state index in [9.17, 15) is 13.2 Å². The highest BCUT2D eigenvalue weighted by molar-refractivity contribution is 7.92. The average molecular weight is 515 g/mol. The Morgan fingerprint density at radius 2 is 1.69 bits per heavy atom. The molecule has 35 heavy (non-hydrogen) atoms. The van der Waals surface area contributed by atoms with Crippen LogP contribution in [0.25, 0.3) is 0 Å². The molecule has 0 radical (unpaired) electrons. The van der Waals surface area contributed by atoms with Crippen molar-refractivity contribution in [2.24, 2.45) is 0 Å². The first-order valence-corrected chi connectivity index (χ1v) is 13.2. The molecule has 3 aromatic carbocycles. The molecule has 0 aliphatic rings. The van der Waals surface area contributed by atoms with Gasteiger partial charge in [-0.15, -0.1) is 0 Å². The predicted octanol–water partition coefficient (Wildman–Crippen LogP) is 6.38. The van der Waals surface area contributed by atoms with Crippen LogP contribution in [0.3, 0.4) is 0 Å². The number of methoxy groups -OCH3 is 1. The predicted molar refractivity (Wildman–Crippen MR) is 141 cm³/mol. The molecule has 0 aliphatic carbocycles. The number of carbonyl (C=O) groups excluding carboxylic acids is 1. The average Bonchev–Trinajstić information content (AvgIpc) is 2.78. The number of ether oxygens (including phenoxy) is 1. The Balaban J connectivity index is 1.87. The van der Waals surface area contributed by atoms with E-state index < -0.39 is 15.9 Å². The van der Waals surface area contributed by atoms with Crippen LogP contribution in [0, 0.1) is 13.8 Å². The normalized spacial score (nSPS) is 12.3. The van der Waals surface area contributed by atoms with Crippen molar-refractivity contribution < 1.29 is 17.9 Å². The number of sulfonamides is 1. The molecule has 8 heteroatoms. The second-order valence-electron chi connectivity index (χ2n) is 8.92. The van der Waals surface area contributed by atoms with Crippen molar-refractivity contribution in [3.63, 3.8) is 0 Å². The number of carbonyl (C=O) groups is 1. The van der Waals surface area contributed by atoms with E-state index in [1.165, 1.54) is 18.2 Å². The van der Waals surface area contributed by atoms with Crippen molar-refractivity contribution in [3.8, 4) is 5.75 Å². The molecule has 3 rings (SSSR count). The van der Waals surface area contributed by atoms with Crippen molar-refractivity contribution in [3.05, 3.63) is 87.4 Å². The fourth-order valence-corrected chi connectivity index (χ4v) is 5.51. The van der Waals surface area contributed by atoms with E-state index >= 15 is 0 Å². The summed E-state index contributed by atoms with van der Waals surface area (Å²) in [6.07, 6.45) is 0. The summed E-state index contributed by atoms with van der Waals surface area (Å²) in [6, 6.07) is 14.9. The molecular formula is C27H31ClN2O4S. The Kier molecular flexibility index (Phi) is 8.13. The molecule has 1 atom stereocenters. The Labute approximate surface area is 212 Å². The van der Waals surface area contributed by atoms with Crippen LogP contribution in [0.1, 0.15) is 65.3 Å². The molecule has 3 aromatic rings. The Bertz CT molecular complexity index is 1350. The molecule has 0 saturated heterocycles. The molecule has 2 N–H and O–H groups in total. The van der Waals surface area contributed by atoms with Gasteiger partial charge in [-0.1, -0.05) is 37.6 Å². The van der Waals surface area contributed by atoms with E-state index in [-0.39, 0.29) is 27.4 Å². The lowest BCUT2D eigenvalue weighted by Gasteiger charge is -2.21. The first-order valence-electron chi connectivity index (χ1n) is 11.3. The van der Waals surface area contributed by atoms with Crippen molar-refractivity contribution in [1.82, 2.24) is 5.32 Å². The molecule has 0 heterocycles. The zero-order chi connectivity index (χ0) is 25.9.